The Hall–Kier alpha value is -1.52. The average Bonchev–Trinajstić information content (AvgIpc) is 2.12. The Morgan fingerprint density at radius 2 is 1.89 bits per heavy atom. The van der Waals surface area contributed by atoms with E-state index >= 15 is 0 Å². The smallest absolute Gasteiger partial charge is 0.315 e. The number of nitrogens with one attached hydrogen (secondary N) is 2. The Morgan fingerprint density at radius 1 is 1.33 bits per heavy atom. The van der Waals surface area contributed by atoms with Crippen LogP contribution in [0.4, 0.5) is 4.79 Å². The Kier molecular flexibility index (Phi) is 6.44. The molecule has 0 radical (unpaired) electrons. The van der Waals surface area contributed by atoms with Crippen LogP contribution < -0.4 is 10.6 Å². The Bertz CT molecular complexity index is 308. The highest BCUT2D eigenvalue weighted by molar-refractivity contribution is 5.76. The molecule has 0 saturated carbocycles. The van der Waals surface area contributed by atoms with Gasteiger partial charge in [0.1, 0.15) is 0 Å². The third-order valence-corrected chi connectivity index (χ3v) is 2.33. The molecular weight excluding hydrogens is 232 g/mol. The van der Waals surface area contributed by atoms with Crippen molar-refractivity contribution >= 4 is 12.0 Å². The lowest BCUT2D eigenvalue weighted by atomic mass is 9.87. The summed E-state index contributed by atoms with van der Waals surface area (Å²) in [6.45, 7) is 11.4. The van der Waals surface area contributed by atoms with Gasteiger partial charge in [-0.05, 0) is 18.8 Å². The van der Waals surface area contributed by atoms with Crippen LogP contribution in [-0.2, 0) is 4.79 Å². The summed E-state index contributed by atoms with van der Waals surface area (Å²) in [4.78, 5) is 22.4. The van der Waals surface area contributed by atoms with Crippen LogP contribution in [0.1, 0.15) is 40.5 Å². The van der Waals surface area contributed by atoms with Crippen molar-refractivity contribution in [1.82, 2.24) is 10.6 Å². The van der Waals surface area contributed by atoms with Crippen molar-refractivity contribution in [2.75, 3.05) is 0 Å². The van der Waals surface area contributed by atoms with E-state index in [4.69, 9.17) is 5.11 Å². The molecule has 18 heavy (non-hydrogen) atoms. The second-order valence-corrected chi connectivity index (χ2v) is 5.70. The Balaban J connectivity index is 4.44. The normalized spacial score (nSPS) is 14.4. The molecule has 0 fully saturated rings. The zero-order valence-electron chi connectivity index (χ0n) is 11.6. The summed E-state index contributed by atoms with van der Waals surface area (Å²) in [5.41, 5.74) is -0.0442. The van der Waals surface area contributed by atoms with Crippen molar-refractivity contribution in [2.24, 2.45) is 5.41 Å². The standard InChI is InChI=1S/C13H24N2O3/c1-6-9(2)14-12(18)15-10(7-11(16)17)8-13(3,4)5/h6,9-10H,1,7-8H2,2-5H3,(H,16,17)(H2,14,15,18). The molecule has 0 heterocycles. The van der Waals surface area contributed by atoms with Gasteiger partial charge in [-0.15, -0.1) is 6.58 Å². The van der Waals surface area contributed by atoms with Gasteiger partial charge in [0.15, 0.2) is 0 Å². The number of carboxylic acids is 1. The molecule has 0 spiro atoms. The fraction of sp³-hybridized carbons (Fsp3) is 0.692. The molecule has 0 aromatic rings. The molecule has 2 atom stereocenters. The fourth-order valence-corrected chi connectivity index (χ4v) is 1.62. The number of carbonyl (C=O) groups is 2. The lowest BCUT2D eigenvalue weighted by Gasteiger charge is -2.26. The summed E-state index contributed by atoms with van der Waals surface area (Å²) in [5.74, 6) is -0.915. The molecule has 2 amide bonds. The van der Waals surface area contributed by atoms with E-state index in [0.29, 0.717) is 6.42 Å². The number of hydrogen-bond donors (Lipinski definition) is 3. The van der Waals surface area contributed by atoms with Crippen molar-refractivity contribution in [3.8, 4) is 0 Å². The number of hydrogen-bond acceptors (Lipinski definition) is 2. The first-order valence-corrected chi connectivity index (χ1v) is 6.05. The molecule has 5 nitrogen and oxygen atoms in total. The van der Waals surface area contributed by atoms with Gasteiger partial charge in [-0.25, -0.2) is 4.79 Å². The van der Waals surface area contributed by atoms with Gasteiger partial charge in [0.05, 0.1) is 6.42 Å². The van der Waals surface area contributed by atoms with Gasteiger partial charge in [-0.2, -0.15) is 0 Å². The maximum absolute atomic E-state index is 11.6. The average molecular weight is 256 g/mol. The van der Waals surface area contributed by atoms with Gasteiger partial charge >= 0.3 is 12.0 Å². The highest BCUT2D eigenvalue weighted by Crippen LogP contribution is 2.22. The highest BCUT2D eigenvalue weighted by atomic mass is 16.4. The van der Waals surface area contributed by atoms with Crippen molar-refractivity contribution < 1.29 is 14.7 Å². The van der Waals surface area contributed by atoms with E-state index in [0.717, 1.165) is 0 Å². The largest absolute Gasteiger partial charge is 0.481 e. The van der Waals surface area contributed by atoms with Crippen molar-refractivity contribution in [2.45, 2.75) is 52.6 Å². The molecule has 0 aliphatic rings. The van der Waals surface area contributed by atoms with Crippen molar-refractivity contribution in [1.29, 1.82) is 0 Å². The Morgan fingerprint density at radius 3 is 2.28 bits per heavy atom. The van der Waals surface area contributed by atoms with Crippen LogP contribution in [0, 0.1) is 5.41 Å². The molecule has 0 aromatic carbocycles. The van der Waals surface area contributed by atoms with Gasteiger partial charge in [0.2, 0.25) is 0 Å². The summed E-state index contributed by atoms with van der Waals surface area (Å²) in [5, 5.41) is 14.2. The van der Waals surface area contributed by atoms with E-state index in [1.165, 1.54) is 0 Å². The van der Waals surface area contributed by atoms with E-state index < -0.39 is 5.97 Å². The minimum atomic E-state index is -0.915. The molecule has 0 rings (SSSR count). The molecule has 5 heteroatoms. The summed E-state index contributed by atoms with van der Waals surface area (Å²) in [7, 11) is 0. The first kappa shape index (κ1) is 16.5. The summed E-state index contributed by atoms with van der Waals surface area (Å²) >= 11 is 0. The van der Waals surface area contributed by atoms with E-state index in [9.17, 15) is 9.59 Å². The Labute approximate surface area is 109 Å². The van der Waals surface area contributed by atoms with Gasteiger partial charge in [0, 0.05) is 12.1 Å². The van der Waals surface area contributed by atoms with Crippen LogP contribution >= 0.6 is 0 Å². The SMILES string of the molecule is C=CC(C)NC(=O)NC(CC(=O)O)CC(C)(C)C. The van der Waals surface area contributed by atoms with E-state index in [1.54, 1.807) is 13.0 Å². The summed E-state index contributed by atoms with van der Waals surface area (Å²) in [6, 6.07) is -0.887. The number of urea groups is 1. The monoisotopic (exact) mass is 256 g/mol. The van der Waals surface area contributed by atoms with Crippen LogP contribution in [0.25, 0.3) is 0 Å². The maximum Gasteiger partial charge on any atom is 0.315 e. The van der Waals surface area contributed by atoms with Crippen LogP contribution in [0.3, 0.4) is 0 Å². The number of carboxylic acid groups (broad SMARTS) is 1. The van der Waals surface area contributed by atoms with Gasteiger partial charge < -0.3 is 15.7 Å². The topological polar surface area (TPSA) is 78.4 Å². The highest BCUT2D eigenvalue weighted by Gasteiger charge is 2.22. The summed E-state index contributed by atoms with van der Waals surface area (Å²) in [6.07, 6.45) is 2.14. The maximum atomic E-state index is 11.6. The minimum absolute atomic E-state index is 0.0442. The molecule has 0 aliphatic heterocycles. The van der Waals surface area contributed by atoms with E-state index in [-0.39, 0.29) is 30.0 Å². The molecule has 104 valence electrons. The lowest BCUT2D eigenvalue weighted by molar-refractivity contribution is -0.137. The predicted octanol–water partition coefficient (Wildman–Crippen LogP) is 2.14. The fourth-order valence-electron chi connectivity index (χ4n) is 1.62. The van der Waals surface area contributed by atoms with E-state index in [2.05, 4.69) is 17.2 Å². The van der Waals surface area contributed by atoms with Crippen molar-refractivity contribution in [3.05, 3.63) is 12.7 Å². The quantitative estimate of drug-likeness (QED) is 0.637. The molecule has 0 aromatic heterocycles. The van der Waals surface area contributed by atoms with Crippen LogP contribution in [0.2, 0.25) is 0 Å². The third-order valence-electron chi connectivity index (χ3n) is 2.33. The zero-order valence-corrected chi connectivity index (χ0v) is 11.6. The van der Waals surface area contributed by atoms with Crippen LogP contribution in [-0.4, -0.2) is 29.2 Å². The number of amides is 2. The molecule has 3 N–H and O–H groups in total. The molecule has 0 saturated heterocycles. The molecule has 0 bridgehead atoms. The second-order valence-electron chi connectivity index (χ2n) is 5.70. The lowest BCUT2D eigenvalue weighted by Crippen LogP contribution is -2.46. The van der Waals surface area contributed by atoms with Gasteiger partial charge in [0.25, 0.3) is 0 Å². The third kappa shape index (κ3) is 8.61. The molecule has 2 unspecified atom stereocenters. The first-order chi connectivity index (χ1) is 8.14. The molecule has 0 aliphatic carbocycles. The number of carbonyl (C=O) groups excluding carboxylic acids is 1. The van der Waals surface area contributed by atoms with Gasteiger partial charge in [-0.3, -0.25) is 4.79 Å². The number of rotatable bonds is 6. The number of aliphatic carboxylic acids is 1. The zero-order chi connectivity index (χ0) is 14.3. The summed E-state index contributed by atoms with van der Waals surface area (Å²) < 4.78 is 0. The second kappa shape index (κ2) is 7.03. The van der Waals surface area contributed by atoms with E-state index in [1.807, 2.05) is 20.8 Å². The van der Waals surface area contributed by atoms with Crippen LogP contribution in [0.15, 0.2) is 12.7 Å². The van der Waals surface area contributed by atoms with Gasteiger partial charge in [-0.1, -0.05) is 26.8 Å². The molecular formula is C13H24N2O3. The van der Waals surface area contributed by atoms with Crippen molar-refractivity contribution in [3.63, 3.8) is 0 Å². The van der Waals surface area contributed by atoms with Crippen LogP contribution in [0.5, 0.6) is 0 Å². The minimum Gasteiger partial charge on any atom is -0.481 e. The first-order valence-electron chi connectivity index (χ1n) is 6.05. The predicted molar refractivity (Wildman–Crippen MR) is 71.4 cm³/mol.